The minimum Gasteiger partial charge on any atom is -0.380 e. The summed E-state index contributed by atoms with van der Waals surface area (Å²) < 4.78 is 4.99. The number of halogens is 1. The van der Waals surface area contributed by atoms with Gasteiger partial charge in [-0.25, -0.2) is 0 Å². The Labute approximate surface area is 82.1 Å². The van der Waals surface area contributed by atoms with Gasteiger partial charge in [0.25, 0.3) is 0 Å². The second kappa shape index (κ2) is 4.75. The fourth-order valence-corrected chi connectivity index (χ4v) is 1.67. The standard InChI is InChI=1S/C9H11ClOS/c1-11-6-7-3-4-8(12-2)5-9(7)10/h3-5H,6H2,1-2H3. The highest BCUT2D eigenvalue weighted by Crippen LogP contribution is 2.23. The van der Waals surface area contributed by atoms with Gasteiger partial charge in [0.05, 0.1) is 6.61 Å². The molecule has 0 aliphatic heterocycles. The monoisotopic (exact) mass is 202 g/mol. The number of thioether (sulfide) groups is 1. The molecule has 12 heavy (non-hydrogen) atoms. The van der Waals surface area contributed by atoms with Gasteiger partial charge in [-0.3, -0.25) is 0 Å². The average molecular weight is 203 g/mol. The van der Waals surface area contributed by atoms with Crippen molar-refractivity contribution in [2.45, 2.75) is 11.5 Å². The van der Waals surface area contributed by atoms with Crippen molar-refractivity contribution in [2.24, 2.45) is 0 Å². The highest BCUT2D eigenvalue weighted by atomic mass is 35.5. The van der Waals surface area contributed by atoms with E-state index >= 15 is 0 Å². The Hall–Kier alpha value is -0.180. The van der Waals surface area contributed by atoms with E-state index < -0.39 is 0 Å². The third kappa shape index (κ3) is 2.41. The molecule has 1 nitrogen and oxygen atoms in total. The van der Waals surface area contributed by atoms with Crippen LogP contribution in [0, 0.1) is 0 Å². The van der Waals surface area contributed by atoms with Gasteiger partial charge in [0.2, 0.25) is 0 Å². The van der Waals surface area contributed by atoms with E-state index in [2.05, 4.69) is 0 Å². The zero-order chi connectivity index (χ0) is 8.97. The number of rotatable bonds is 3. The van der Waals surface area contributed by atoms with E-state index in [1.165, 1.54) is 4.90 Å². The van der Waals surface area contributed by atoms with E-state index in [9.17, 15) is 0 Å². The van der Waals surface area contributed by atoms with Crippen LogP contribution >= 0.6 is 23.4 Å². The maximum absolute atomic E-state index is 5.99. The molecule has 0 amide bonds. The van der Waals surface area contributed by atoms with E-state index in [0.29, 0.717) is 6.61 Å². The molecule has 0 unspecified atom stereocenters. The molecule has 66 valence electrons. The van der Waals surface area contributed by atoms with E-state index in [1.54, 1.807) is 18.9 Å². The van der Waals surface area contributed by atoms with Gasteiger partial charge in [0.15, 0.2) is 0 Å². The van der Waals surface area contributed by atoms with Crippen molar-refractivity contribution >= 4 is 23.4 Å². The van der Waals surface area contributed by atoms with Crippen molar-refractivity contribution < 1.29 is 4.74 Å². The van der Waals surface area contributed by atoms with Crippen LogP contribution in [0.3, 0.4) is 0 Å². The predicted octanol–water partition coefficient (Wildman–Crippen LogP) is 3.21. The summed E-state index contributed by atoms with van der Waals surface area (Å²) >= 11 is 7.68. The summed E-state index contributed by atoms with van der Waals surface area (Å²) in [4.78, 5) is 1.18. The van der Waals surface area contributed by atoms with Gasteiger partial charge in [-0.05, 0) is 24.0 Å². The van der Waals surface area contributed by atoms with Gasteiger partial charge in [-0.2, -0.15) is 0 Å². The summed E-state index contributed by atoms with van der Waals surface area (Å²) in [5.41, 5.74) is 1.04. The van der Waals surface area contributed by atoms with Crippen LogP contribution in [0.5, 0.6) is 0 Å². The molecule has 1 aromatic rings. The topological polar surface area (TPSA) is 9.23 Å². The SMILES string of the molecule is COCc1ccc(SC)cc1Cl. The molecule has 0 N–H and O–H groups in total. The molecular weight excluding hydrogens is 192 g/mol. The van der Waals surface area contributed by atoms with Crippen molar-refractivity contribution in [1.82, 2.24) is 0 Å². The summed E-state index contributed by atoms with van der Waals surface area (Å²) in [6.07, 6.45) is 2.03. The van der Waals surface area contributed by atoms with Crippen LogP contribution < -0.4 is 0 Å². The summed E-state index contributed by atoms with van der Waals surface area (Å²) in [5, 5.41) is 0.781. The van der Waals surface area contributed by atoms with Crippen LogP contribution in [0.2, 0.25) is 5.02 Å². The van der Waals surface area contributed by atoms with Gasteiger partial charge in [-0.1, -0.05) is 17.7 Å². The van der Waals surface area contributed by atoms with Crippen molar-refractivity contribution in [3.8, 4) is 0 Å². The minimum absolute atomic E-state index is 0.577. The Balaban J connectivity index is 2.87. The first-order valence-corrected chi connectivity index (χ1v) is 5.19. The molecule has 0 aliphatic rings. The first-order valence-electron chi connectivity index (χ1n) is 3.59. The molecule has 0 radical (unpaired) electrons. The molecule has 0 aromatic heterocycles. The Morgan fingerprint density at radius 3 is 2.75 bits per heavy atom. The van der Waals surface area contributed by atoms with Crippen molar-refractivity contribution in [1.29, 1.82) is 0 Å². The number of hydrogen-bond donors (Lipinski definition) is 0. The second-order valence-corrected chi connectivity index (χ2v) is 3.68. The zero-order valence-corrected chi connectivity index (χ0v) is 8.71. The zero-order valence-electron chi connectivity index (χ0n) is 7.13. The third-order valence-corrected chi connectivity index (χ3v) is 2.64. The Morgan fingerprint density at radius 1 is 1.50 bits per heavy atom. The summed E-state index contributed by atoms with van der Waals surface area (Å²) in [6, 6.07) is 6.00. The lowest BCUT2D eigenvalue weighted by Gasteiger charge is -2.03. The Bertz CT molecular complexity index is 263. The van der Waals surface area contributed by atoms with Crippen molar-refractivity contribution in [2.75, 3.05) is 13.4 Å². The fraction of sp³-hybridized carbons (Fsp3) is 0.333. The maximum atomic E-state index is 5.99. The smallest absolute Gasteiger partial charge is 0.0727 e. The van der Waals surface area contributed by atoms with Gasteiger partial charge in [-0.15, -0.1) is 11.8 Å². The number of hydrogen-bond acceptors (Lipinski definition) is 2. The fourth-order valence-electron chi connectivity index (χ4n) is 0.928. The minimum atomic E-state index is 0.577. The van der Waals surface area contributed by atoms with Crippen molar-refractivity contribution in [3.05, 3.63) is 28.8 Å². The van der Waals surface area contributed by atoms with Crippen LogP contribution in [0.15, 0.2) is 23.1 Å². The first-order chi connectivity index (χ1) is 5.77. The average Bonchev–Trinajstić information content (AvgIpc) is 2.09. The Kier molecular flexibility index (Phi) is 3.92. The lowest BCUT2D eigenvalue weighted by atomic mass is 10.2. The second-order valence-electron chi connectivity index (χ2n) is 2.39. The number of ether oxygens (including phenoxy) is 1. The molecule has 1 rings (SSSR count). The predicted molar refractivity (Wildman–Crippen MR) is 53.9 cm³/mol. The van der Waals surface area contributed by atoms with Crippen molar-refractivity contribution in [3.63, 3.8) is 0 Å². The van der Waals surface area contributed by atoms with E-state index in [4.69, 9.17) is 16.3 Å². The van der Waals surface area contributed by atoms with Gasteiger partial charge >= 0.3 is 0 Å². The molecule has 0 fully saturated rings. The van der Waals surface area contributed by atoms with Crippen LogP contribution in [0.25, 0.3) is 0 Å². The summed E-state index contributed by atoms with van der Waals surface area (Å²) in [5.74, 6) is 0. The number of methoxy groups -OCH3 is 1. The summed E-state index contributed by atoms with van der Waals surface area (Å²) in [7, 11) is 1.67. The molecule has 0 saturated heterocycles. The van der Waals surface area contributed by atoms with E-state index in [0.717, 1.165) is 10.6 Å². The van der Waals surface area contributed by atoms with Gasteiger partial charge in [0, 0.05) is 17.0 Å². The van der Waals surface area contributed by atoms with E-state index in [1.807, 2.05) is 24.5 Å². The van der Waals surface area contributed by atoms with Crippen LogP contribution in [-0.2, 0) is 11.3 Å². The molecule has 0 heterocycles. The molecular formula is C9H11ClOS. The first kappa shape index (κ1) is 9.90. The van der Waals surface area contributed by atoms with E-state index in [-0.39, 0.29) is 0 Å². The highest BCUT2D eigenvalue weighted by molar-refractivity contribution is 7.98. The molecule has 0 aliphatic carbocycles. The van der Waals surface area contributed by atoms with Crippen LogP contribution in [0.4, 0.5) is 0 Å². The molecule has 3 heteroatoms. The van der Waals surface area contributed by atoms with Gasteiger partial charge in [0.1, 0.15) is 0 Å². The highest BCUT2D eigenvalue weighted by Gasteiger charge is 2.00. The van der Waals surface area contributed by atoms with Crippen LogP contribution in [-0.4, -0.2) is 13.4 Å². The molecule has 0 atom stereocenters. The molecule has 1 aromatic carbocycles. The van der Waals surface area contributed by atoms with Crippen LogP contribution in [0.1, 0.15) is 5.56 Å². The molecule has 0 saturated carbocycles. The van der Waals surface area contributed by atoms with Gasteiger partial charge < -0.3 is 4.74 Å². The normalized spacial score (nSPS) is 10.2. The quantitative estimate of drug-likeness (QED) is 0.697. The largest absolute Gasteiger partial charge is 0.380 e. The molecule has 0 bridgehead atoms. The third-order valence-electron chi connectivity index (χ3n) is 1.56. The lowest BCUT2D eigenvalue weighted by molar-refractivity contribution is 0.185. The number of benzene rings is 1. The lowest BCUT2D eigenvalue weighted by Crippen LogP contribution is -1.88. The summed E-state index contributed by atoms with van der Waals surface area (Å²) in [6.45, 7) is 0.577. The maximum Gasteiger partial charge on any atom is 0.0727 e. The Morgan fingerprint density at radius 2 is 2.25 bits per heavy atom. The molecule has 0 spiro atoms.